The fraction of sp³-hybridized carbons (Fsp3) is 0.700. The van der Waals surface area contributed by atoms with Crippen molar-refractivity contribution in [2.75, 3.05) is 18.5 Å². The molecule has 1 spiro atoms. The molecule has 1 saturated carbocycles. The van der Waals surface area contributed by atoms with E-state index in [2.05, 4.69) is 33.0 Å². The lowest BCUT2D eigenvalue weighted by molar-refractivity contribution is -0.177. The number of anilines is 1. The molecule has 0 amide bonds. The number of benzene rings is 1. The van der Waals surface area contributed by atoms with Crippen LogP contribution in [0.15, 0.2) is 18.2 Å². The molecule has 1 aromatic rings. The highest BCUT2D eigenvalue weighted by molar-refractivity contribution is 6.62. The molecule has 0 bridgehead atoms. The van der Waals surface area contributed by atoms with Crippen LogP contribution in [0.2, 0.25) is 5.02 Å². The fourth-order valence-electron chi connectivity index (χ4n) is 3.98. The molecule has 0 radical (unpaired) electrons. The first-order valence-electron chi connectivity index (χ1n) is 9.89. The predicted molar refractivity (Wildman–Crippen MR) is 108 cm³/mol. The van der Waals surface area contributed by atoms with Crippen LogP contribution in [0.5, 0.6) is 0 Å². The van der Waals surface area contributed by atoms with Gasteiger partial charge in [0, 0.05) is 18.9 Å². The van der Waals surface area contributed by atoms with E-state index in [1.54, 1.807) is 0 Å². The minimum Gasteiger partial charge on any atom is -0.399 e. The minimum atomic E-state index is -0.396. The summed E-state index contributed by atoms with van der Waals surface area (Å²) < 4.78 is 23.9. The van der Waals surface area contributed by atoms with Gasteiger partial charge in [-0.25, -0.2) is 0 Å². The highest BCUT2D eigenvalue weighted by atomic mass is 35.5. The second-order valence-corrected chi connectivity index (χ2v) is 9.26. The first-order chi connectivity index (χ1) is 12.7. The van der Waals surface area contributed by atoms with Crippen molar-refractivity contribution in [1.82, 2.24) is 0 Å². The third kappa shape index (κ3) is 3.75. The van der Waals surface area contributed by atoms with Crippen LogP contribution in [0.3, 0.4) is 0 Å². The Morgan fingerprint density at radius 2 is 1.59 bits per heavy atom. The molecular weight excluding hydrogens is 364 g/mol. The number of halogens is 1. The normalized spacial score (nSPS) is 26.6. The zero-order chi connectivity index (χ0) is 19.3. The van der Waals surface area contributed by atoms with Crippen LogP contribution in [0.4, 0.5) is 5.69 Å². The minimum absolute atomic E-state index is 0.331. The Labute approximate surface area is 167 Å². The maximum absolute atomic E-state index is 6.57. The topological polar surface area (TPSA) is 49.0 Å². The SMILES string of the molecule is CC1(C)OB(c2ccc(NC3CCC4(CC3)OCCO4)c(Cl)c2)OC1(C)C. The maximum atomic E-state index is 6.57. The summed E-state index contributed by atoms with van der Waals surface area (Å²) in [5.41, 5.74) is 1.18. The standard InChI is InChI=1S/C20H29BClNO4/c1-18(2)19(3,4)27-21(26-18)14-5-6-17(16(22)13-14)23-15-7-9-20(10-8-15)24-11-12-25-20/h5-6,13,15,23H,7-12H2,1-4H3. The summed E-state index contributed by atoms with van der Waals surface area (Å²) >= 11 is 6.57. The van der Waals surface area contributed by atoms with Gasteiger partial charge in [0.05, 0.1) is 35.1 Å². The van der Waals surface area contributed by atoms with Gasteiger partial charge in [-0.3, -0.25) is 0 Å². The molecule has 2 aliphatic heterocycles. The van der Waals surface area contributed by atoms with Crippen LogP contribution < -0.4 is 10.8 Å². The highest BCUT2D eigenvalue weighted by Crippen LogP contribution is 2.38. The molecule has 27 heavy (non-hydrogen) atoms. The first-order valence-corrected chi connectivity index (χ1v) is 10.3. The van der Waals surface area contributed by atoms with Crippen molar-refractivity contribution in [3.8, 4) is 0 Å². The van der Waals surface area contributed by atoms with Crippen molar-refractivity contribution in [2.24, 2.45) is 0 Å². The van der Waals surface area contributed by atoms with Gasteiger partial charge >= 0.3 is 7.12 Å². The molecule has 1 aromatic carbocycles. The van der Waals surface area contributed by atoms with E-state index in [0.717, 1.165) is 36.8 Å². The lowest BCUT2D eigenvalue weighted by atomic mass is 9.79. The predicted octanol–water partition coefficient (Wildman–Crippen LogP) is 3.74. The second kappa shape index (κ2) is 6.92. The van der Waals surface area contributed by atoms with E-state index in [0.29, 0.717) is 24.3 Å². The molecule has 1 aliphatic carbocycles. The van der Waals surface area contributed by atoms with Gasteiger partial charge in [0.25, 0.3) is 0 Å². The molecule has 1 N–H and O–H groups in total. The Bertz CT molecular complexity index is 679. The van der Waals surface area contributed by atoms with Crippen LogP contribution in [-0.4, -0.2) is 43.4 Å². The number of hydrogen-bond acceptors (Lipinski definition) is 5. The van der Waals surface area contributed by atoms with Gasteiger partial charge in [0.1, 0.15) is 0 Å². The number of hydrogen-bond donors (Lipinski definition) is 1. The van der Waals surface area contributed by atoms with Gasteiger partial charge in [-0.1, -0.05) is 17.7 Å². The Kier molecular flexibility index (Phi) is 5.01. The molecule has 0 atom stereocenters. The first kappa shape index (κ1) is 19.5. The molecule has 3 aliphatic rings. The van der Waals surface area contributed by atoms with Crippen LogP contribution in [0.1, 0.15) is 53.4 Å². The Balaban J connectivity index is 1.40. The quantitative estimate of drug-likeness (QED) is 0.793. The Morgan fingerprint density at radius 1 is 1.00 bits per heavy atom. The van der Waals surface area contributed by atoms with E-state index >= 15 is 0 Å². The highest BCUT2D eigenvalue weighted by Gasteiger charge is 2.51. The van der Waals surface area contributed by atoms with Crippen LogP contribution in [0.25, 0.3) is 0 Å². The Morgan fingerprint density at radius 3 is 2.15 bits per heavy atom. The number of nitrogens with one attached hydrogen (secondary N) is 1. The van der Waals surface area contributed by atoms with Crippen molar-refractivity contribution < 1.29 is 18.8 Å². The van der Waals surface area contributed by atoms with Crippen LogP contribution in [-0.2, 0) is 18.8 Å². The summed E-state index contributed by atoms with van der Waals surface area (Å²) in [4.78, 5) is 0. The van der Waals surface area contributed by atoms with Gasteiger partial charge in [-0.05, 0) is 58.1 Å². The van der Waals surface area contributed by atoms with Gasteiger partial charge < -0.3 is 24.1 Å². The largest absolute Gasteiger partial charge is 0.494 e. The monoisotopic (exact) mass is 393 g/mol. The molecular formula is C20H29BClNO4. The summed E-state index contributed by atoms with van der Waals surface area (Å²) in [6, 6.07) is 6.38. The second-order valence-electron chi connectivity index (χ2n) is 8.85. The van der Waals surface area contributed by atoms with Crippen molar-refractivity contribution in [1.29, 1.82) is 0 Å². The molecule has 0 aromatic heterocycles. The fourth-order valence-corrected chi connectivity index (χ4v) is 4.23. The van der Waals surface area contributed by atoms with Gasteiger partial charge in [-0.2, -0.15) is 0 Å². The van der Waals surface area contributed by atoms with Crippen molar-refractivity contribution in [3.05, 3.63) is 23.2 Å². The molecule has 0 unspecified atom stereocenters. The third-order valence-electron chi connectivity index (χ3n) is 6.44. The van der Waals surface area contributed by atoms with E-state index in [4.69, 9.17) is 30.4 Å². The van der Waals surface area contributed by atoms with Crippen molar-refractivity contribution >= 4 is 29.9 Å². The molecule has 5 nitrogen and oxygen atoms in total. The average Bonchev–Trinajstić information content (AvgIpc) is 3.14. The molecule has 4 rings (SSSR count). The molecule has 7 heteroatoms. The summed E-state index contributed by atoms with van der Waals surface area (Å²) in [6.45, 7) is 9.64. The van der Waals surface area contributed by atoms with Crippen molar-refractivity contribution in [3.63, 3.8) is 0 Å². The maximum Gasteiger partial charge on any atom is 0.494 e. The summed E-state index contributed by atoms with van der Waals surface area (Å²) in [5, 5.41) is 4.27. The van der Waals surface area contributed by atoms with Gasteiger partial charge in [0.15, 0.2) is 5.79 Å². The zero-order valence-electron chi connectivity index (χ0n) is 16.6. The zero-order valence-corrected chi connectivity index (χ0v) is 17.4. The molecule has 2 saturated heterocycles. The summed E-state index contributed by atoms with van der Waals surface area (Å²) in [6.07, 6.45) is 3.87. The van der Waals surface area contributed by atoms with E-state index in [1.165, 1.54) is 0 Å². The average molecular weight is 394 g/mol. The van der Waals surface area contributed by atoms with Crippen LogP contribution >= 0.6 is 11.6 Å². The lowest BCUT2D eigenvalue weighted by Gasteiger charge is -2.36. The number of rotatable bonds is 3. The summed E-state index contributed by atoms with van der Waals surface area (Å²) in [7, 11) is -0.396. The molecule has 148 valence electrons. The van der Waals surface area contributed by atoms with E-state index in [9.17, 15) is 0 Å². The third-order valence-corrected chi connectivity index (χ3v) is 6.75. The Hall–Kier alpha value is -0.785. The molecule has 3 fully saturated rings. The van der Waals surface area contributed by atoms with Gasteiger partial charge in [-0.15, -0.1) is 0 Å². The lowest BCUT2D eigenvalue weighted by Crippen LogP contribution is -2.41. The number of ether oxygens (including phenoxy) is 2. The van der Waals surface area contributed by atoms with Crippen LogP contribution in [0, 0.1) is 0 Å². The van der Waals surface area contributed by atoms with Crippen molar-refractivity contribution in [2.45, 2.75) is 76.4 Å². The van der Waals surface area contributed by atoms with E-state index in [-0.39, 0.29) is 17.0 Å². The smallest absolute Gasteiger partial charge is 0.399 e. The van der Waals surface area contributed by atoms with Gasteiger partial charge in [0.2, 0.25) is 0 Å². The molecule has 2 heterocycles. The van der Waals surface area contributed by atoms with E-state index in [1.807, 2.05) is 18.2 Å². The van der Waals surface area contributed by atoms with E-state index < -0.39 is 7.12 Å². The summed E-state index contributed by atoms with van der Waals surface area (Å²) in [5.74, 6) is -0.331.